The third kappa shape index (κ3) is 4.24. The second-order valence-electron chi connectivity index (χ2n) is 6.45. The number of hydrogen-bond acceptors (Lipinski definition) is 4. The number of carbonyl (C=O) groups is 4. The molecule has 0 aromatic heterocycles. The molecule has 0 aromatic carbocycles. The Kier molecular flexibility index (Phi) is 6.16. The van der Waals surface area contributed by atoms with E-state index in [-0.39, 0.29) is 17.7 Å². The van der Waals surface area contributed by atoms with Crippen molar-refractivity contribution in [3.8, 4) is 0 Å². The van der Waals surface area contributed by atoms with Gasteiger partial charge in [-0.05, 0) is 25.7 Å². The van der Waals surface area contributed by atoms with Crippen molar-refractivity contribution >= 4 is 23.6 Å². The molecule has 4 N–H and O–H groups in total. The Labute approximate surface area is 141 Å². The van der Waals surface area contributed by atoms with Gasteiger partial charge in [-0.1, -0.05) is 19.8 Å². The van der Waals surface area contributed by atoms with E-state index in [2.05, 4.69) is 10.6 Å². The molecule has 2 aliphatic heterocycles. The van der Waals surface area contributed by atoms with Crippen molar-refractivity contribution in [2.75, 3.05) is 6.54 Å². The zero-order valence-electron chi connectivity index (χ0n) is 14.0. The molecule has 0 bridgehead atoms. The normalized spacial score (nSPS) is 24.5. The fraction of sp³-hybridized carbons (Fsp3) is 0.750. The Hall–Kier alpha value is -2.12. The number of rotatable bonds is 7. The summed E-state index contributed by atoms with van der Waals surface area (Å²) in [4.78, 5) is 49.4. The van der Waals surface area contributed by atoms with Gasteiger partial charge in [0, 0.05) is 13.0 Å². The number of hydrogen-bond donors (Lipinski definition) is 3. The lowest BCUT2D eigenvalue weighted by atomic mass is 10.1. The van der Waals surface area contributed by atoms with Crippen LogP contribution in [0.25, 0.3) is 0 Å². The Morgan fingerprint density at radius 1 is 1.38 bits per heavy atom. The lowest BCUT2D eigenvalue weighted by Gasteiger charge is -2.28. The predicted octanol–water partition coefficient (Wildman–Crippen LogP) is -0.584. The number of nitrogens with two attached hydrogens (primary N) is 1. The number of unbranched alkanes of at least 4 members (excludes halogenated alkanes) is 1. The van der Waals surface area contributed by atoms with E-state index >= 15 is 0 Å². The monoisotopic (exact) mass is 338 g/mol. The number of primary amides is 1. The molecule has 2 fully saturated rings. The van der Waals surface area contributed by atoms with Crippen molar-refractivity contribution in [2.24, 2.45) is 5.73 Å². The van der Waals surface area contributed by atoms with Crippen LogP contribution >= 0.6 is 0 Å². The number of nitrogens with zero attached hydrogens (tertiary/aromatic N) is 1. The minimum Gasteiger partial charge on any atom is -0.368 e. The minimum absolute atomic E-state index is 0.153. The van der Waals surface area contributed by atoms with Crippen LogP contribution in [-0.4, -0.2) is 53.2 Å². The lowest BCUT2D eigenvalue weighted by molar-refractivity contribution is -0.141. The second-order valence-corrected chi connectivity index (χ2v) is 6.45. The largest absolute Gasteiger partial charge is 0.368 e. The summed E-state index contributed by atoms with van der Waals surface area (Å²) in [6.45, 7) is 2.48. The summed E-state index contributed by atoms with van der Waals surface area (Å²) in [5, 5.41) is 5.35. The molecule has 8 nitrogen and oxygen atoms in total. The molecule has 0 saturated carbocycles. The molecule has 0 aliphatic carbocycles. The van der Waals surface area contributed by atoms with Crippen LogP contribution in [0, 0.1) is 0 Å². The van der Waals surface area contributed by atoms with Gasteiger partial charge in [-0.2, -0.15) is 0 Å². The predicted molar refractivity (Wildman–Crippen MR) is 86.5 cm³/mol. The van der Waals surface area contributed by atoms with Crippen LogP contribution in [0.5, 0.6) is 0 Å². The standard InChI is InChI=1S/C16H26N4O4/c1-2-3-5-11(19-15(23)10-7-8-13(21)18-10)16(24)20-9-4-6-12(20)14(17)22/h10-12H,2-9H2,1H3,(H2,17,22)(H,18,21)(H,19,23)/t10-,11-,12-/m0/s1. The number of nitrogens with one attached hydrogen (secondary N) is 2. The zero-order valence-corrected chi connectivity index (χ0v) is 14.0. The van der Waals surface area contributed by atoms with Gasteiger partial charge in [-0.3, -0.25) is 19.2 Å². The first kappa shape index (κ1) is 18.2. The highest BCUT2D eigenvalue weighted by molar-refractivity contribution is 5.95. The maximum absolute atomic E-state index is 12.8. The van der Waals surface area contributed by atoms with Crippen LogP contribution in [0.3, 0.4) is 0 Å². The van der Waals surface area contributed by atoms with E-state index in [0.29, 0.717) is 32.2 Å². The summed E-state index contributed by atoms with van der Waals surface area (Å²) in [7, 11) is 0. The Morgan fingerprint density at radius 3 is 2.71 bits per heavy atom. The van der Waals surface area contributed by atoms with E-state index in [9.17, 15) is 19.2 Å². The van der Waals surface area contributed by atoms with Crippen molar-refractivity contribution in [2.45, 2.75) is 70.0 Å². The maximum Gasteiger partial charge on any atom is 0.245 e. The van der Waals surface area contributed by atoms with Crippen LogP contribution in [0.2, 0.25) is 0 Å². The van der Waals surface area contributed by atoms with Gasteiger partial charge in [0.1, 0.15) is 18.1 Å². The van der Waals surface area contributed by atoms with Crippen LogP contribution in [-0.2, 0) is 19.2 Å². The molecular formula is C16H26N4O4. The van der Waals surface area contributed by atoms with E-state index < -0.39 is 24.0 Å². The first-order valence-electron chi connectivity index (χ1n) is 8.63. The van der Waals surface area contributed by atoms with Crippen LogP contribution in [0.4, 0.5) is 0 Å². The molecular weight excluding hydrogens is 312 g/mol. The molecule has 0 spiro atoms. The van der Waals surface area contributed by atoms with Crippen molar-refractivity contribution in [1.29, 1.82) is 0 Å². The van der Waals surface area contributed by atoms with Crippen molar-refractivity contribution in [1.82, 2.24) is 15.5 Å². The first-order chi connectivity index (χ1) is 11.4. The molecule has 8 heteroatoms. The quantitative estimate of drug-likeness (QED) is 0.574. The molecule has 24 heavy (non-hydrogen) atoms. The van der Waals surface area contributed by atoms with Crippen LogP contribution in [0.15, 0.2) is 0 Å². The fourth-order valence-corrected chi connectivity index (χ4v) is 3.28. The van der Waals surface area contributed by atoms with Gasteiger partial charge in [0.05, 0.1) is 0 Å². The van der Waals surface area contributed by atoms with Gasteiger partial charge in [-0.25, -0.2) is 0 Å². The molecule has 0 unspecified atom stereocenters. The van der Waals surface area contributed by atoms with Crippen LogP contribution in [0.1, 0.15) is 51.9 Å². The number of amides is 4. The maximum atomic E-state index is 12.8. The number of likely N-dealkylation sites (tertiary alicyclic amines) is 1. The van der Waals surface area contributed by atoms with Crippen LogP contribution < -0.4 is 16.4 Å². The van der Waals surface area contributed by atoms with E-state index in [4.69, 9.17) is 5.73 Å². The molecule has 2 aliphatic rings. The van der Waals surface area contributed by atoms with E-state index in [0.717, 1.165) is 19.3 Å². The van der Waals surface area contributed by atoms with Gasteiger partial charge >= 0.3 is 0 Å². The van der Waals surface area contributed by atoms with Crippen molar-refractivity contribution in [3.63, 3.8) is 0 Å². The highest BCUT2D eigenvalue weighted by Crippen LogP contribution is 2.19. The molecule has 2 rings (SSSR count). The summed E-state index contributed by atoms with van der Waals surface area (Å²) < 4.78 is 0. The Morgan fingerprint density at radius 2 is 2.12 bits per heavy atom. The van der Waals surface area contributed by atoms with Gasteiger partial charge in [-0.15, -0.1) is 0 Å². The Balaban J connectivity index is 2.03. The van der Waals surface area contributed by atoms with Gasteiger partial charge < -0.3 is 21.3 Å². The molecule has 2 saturated heterocycles. The molecule has 3 atom stereocenters. The molecule has 2 heterocycles. The van der Waals surface area contributed by atoms with Gasteiger partial charge in [0.2, 0.25) is 23.6 Å². The van der Waals surface area contributed by atoms with Gasteiger partial charge in [0.25, 0.3) is 0 Å². The SMILES string of the molecule is CCCC[C@H](NC(=O)[C@@H]1CCC(=O)N1)C(=O)N1CCC[C@H]1C(N)=O. The second kappa shape index (κ2) is 8.12. The average molecular weight is 338 g/mol. The summed E-state index contributed by atoms with van der Waals surface area (Å²) in [6.07, 6.45) is 4.22. The smallest absolute Gasteiger partial charge is 0.245 e. The van der Waals surface area contributed by atoms with Crippen molar-refractivity contribution in [3.05, 3.63) is 0 Å². The Bertz CT molecular complexity index is 522. The summed E-state index contributed by atoms with van der Waals surface area (Å²) in [5.41, 5.74) is 5.37. The molecule has 0 aromatic rings. The summed E-state index contributed by atoms with van der Waals surface area (Å²) in [6, 6.07) is -1.86. The lowest BCUT2D eigenvalue weighted by Crippen LogP contribution is -2.55. The fourth-order valence-electron chi connectivity index (χ4n) is 3.28. The highest BCUT2D eigenvalue weighted by Gasteiger charge is 2.37. The third-order valence-corrected chi connectivity index (χ3v) is 4.64. The van der Waals surface area contributed by atoms with Crippen molar-refractivity contribution < 1.29 is 19.2 Å². The topological polar surface area (TPSA) is 122 Å². The highest BCUT2D eigenvalue weighted by atomic mass is 16.2. The third-order valence-electron chi connectivity index (χ3n) is 4.64. The van der Waals surface area contributed by atoms with E-state index in [1.807, 2.05) is 6.92 Å². The summed E-state index contributed by atoms with van der Waals surface area (Å²) >= 11 is 0. The molecule has 0 radical (unpaired) electrons. The molecule has 4 amide bonds. The summed E-state index contributed by atoms with van der Waals surface area (Å²) in [5.74, 6) is -1.27. The minimum atomic E-state index is -0.685. The number of carbonyl (C=O) groups excluding carboxylic acids is 4. The molecule has 134 valence electrons. The average Bonchev–Trinajstić information content (AvgIpc) is 3.19. The van der Waals surface area contributed by atoms with Gasteiger partial charge in [0.15, 0.2) is 0 Å². The van der Waals surface area contributed by atoms with E-state index in [1.165, 1.54) is 4.90 Å². The zero-order chi connectivity index (χ0) is 17.7. The van der Waals surface area contributed by atoms with E-state index in [1.54, 1.807) is 0 Å². The first-order valence-corrected chi connectivity index (χ1v) is 8.63.